The van der Waals surface area contributed by atoms with Crippen LogP contribution >= 0.6 is 0 Å². The zero-order valence-corrected chi connectivity index (χ0v) is 17.4. The Morgan fingerprint density at radius 2 is 1.64 bits per heavy atom. The van der Waals surface area contributed by atoms with Gasteiger partial charge >= 0.3 is 0 Å². The van der Waals surface area contributed by atoms with Crippen molar-refractivity contribution in [1.82, 2.24) is 9.21 Å². The highest BCUT2D eigenvalue weighted by Gasteiger charge is 2.29. The molecule has 0 radical (unpaired) electrons. The van der Waals surface area contributed by atoms with Gasteiger partial charge in [0.1, 0.15) is 0 Å². The number of benzene rings is 2. The summed E-state index contributed by atoms with van der Waals surface area (Å²) >= 11 is 0. The van der Waals surface area contributed by atoms with Gasteiger partial charge in [-0.2, -0.15) is 4.31 Å². The quantitative estimate of drug-likeness (QED) is 0.746. The Morgan fingerprint density at radius 1 is 0.964 bits per heavy atom. The van der Waals surface area contributed by atoms with Crippen molar-refractivity contribution in [3.8, 4) is 0 Å². The lowest BCUT2D eigenvalue weighted by Crippen LogP contribution is -2.44. The molecule has 1 heterocycles. The summed E-state index contributed by atoms with van der Waals surface area (Å²) in [7, 11) is -3.78. The summed E-state index contributed by atoms with van der Waals surface area (Å²) < 4.78 is 27.9. The molecule has 0 spiro atoms. The predicted molar refractivity (Wildman–Crippen MR) is 110 cm³/mol. The minimum atomic E-state index is -3.78. The molecule has 1 saturated heterocycles. The molecule has 1 aliphatic heterocycles. The zero-order valence-electron chi connectivity index (χ0n) is 16.6. The Hall–Kier alpha value is -2.18. The monoisotopic (exact) mass is 400 g/mol. The maximum atomic E-state index is 13.3. The van der Waals surface area contributed by atoms with Crippen LogP contribution in [0.25, 0.3) is 0 Å². The van der Waals surface area contributed by atoms with E-state index in [1.165, 1.54) is 4.31 Å². The van der Waals surface area contributed by atoms with Crippen molar-refractivity contribution in [2.24, 2.45) is 0 Å². The lowest BCUT2D eigenvalue weighted by molar-refractivity contribution is -0.132. The van der Waals surface area contributed by atoms with E-state index in [2.05, 4.69) is 0 Å². The molecule has 0 N–H and O–H groups in total. The summed E-state index contributed by atoms with van der Waals surface area (Å²) in [6.45, 7) is 5.35. The molecule has 0 saturated carbocycles. The molecule has 3 rings (SSSR count). The molecule has 0 aliphatic carbocycles. The van der Waals surface area contributed by atoms with Crippen LogP contribution in [-0.4, -0.2) is 43.2 Å². The van der Waals surface area contributed by atoms with Gasteiger partial charge < -0.3 is 4.90 Å². The third-order valence-electron chi connectivity index (χ3n) is 5.12. The van der Waals surface area contributed by atoms with Gasteiger partial charge in [0.2, 0.25) is 15.9 Å². The number of hydrogen-bond acceptors (Lipinski definition) is 3. The first kappa shape index (κ1) is 20.6. The van der Waals surface area contributed by atoms with Gasteiger partial charge in [0.15, 0.2) is 0 Å². The van der Waals surface area contributed by atoms with Crippen molar-refractivity contribution >= 4 is 15.9 Å². The van der Waals surface area contributed by atoms with Crippen LogP contribution in [0, 0.1) is 13.8 Å². The number of nitrogens with zero attached hydrogens (tertiary/aromatic N) is 2. The average Bonchev–Trinajstić information content (AvgIpc) is 2.68. The van der Waals surface area contributed by atoms with E-state index in [0.717, 1.165) is 36.0 Å². The molecule has 0 unspecified atom stereocenters. The Bertz CT molecular complexity index is 917. The number of amides is 1. The maximum Gasteiger partial charge on any atom is 0.243 e. The molecule has 2 aromatic rings. The molecule has 6 heteroatoms. The van der Waals surface area contributed by atoms with Crippen LogP contribution in [0.4, 0.5) is 0 Å². The number of likely N-dealkylation sites (tertiary alicyclic amines) is 1. The first-order valence-corrected chi connectivity index (χ1v) is 11.2. The topological polar surface area (TPSA) is 57.7 Å². The standard InChI is InChI=1S/C22H28N2O3S/c1-18-9-11-21(12-10-18)28(26,27)24(16-20-8-6-7-19(2)15-20)17-22(25)23-13-4-3-5-14-23/h6-12,15H,3-5,13-14,16-17H2,1-2H3. The van der Waals surface area contributed by atoms with Gasteiger partial charge in [0.25, 0.3) is 0 Å². The second kappa shape index (κ2) is 8.88. The summed E-state index contributed by atoms with van der Waals surface area (Å²) in [5.74, 6) is -0.122. The van der Waals surface area contributed by atoms with Crippen molar-refractivity contribution < 1.29 is 13.2 Å². The molecular formula is C22H28N2O3S. The minimum Gasteiger partial charge on any atom is -0.342 e. The van der Waals surface area contributed by atoms with Gasteiger partial charge in [-0.15, -0.1) is 0 Å². The fourth-order valence-electron chi connectivity index (χ4n) is 3.49. The normalized spacial score (nSPS) is 15.0. The van der Waals surface area contributed by atoms with Crippen molar-refractivity contribution in [2.45, 2.75) is 44.6 Å². The average molecular weight is 401 g/mol. The summed E-state index contributed by atoms with van der Waals surface area (Å²) in [6, 6.07) is 14.5. The van der Waals surface area contributed by atoms with E-state index in [1.54, 1.807) is 29.2 Å². The van der Waals surface area contributed by atoms with Crippen LogP contribution in [0.5, 0.6) is 0 Å². The lowest BCUT2D eigenvalue weighted by Gasteiger charge is -2.30. The number of carbonyl (C=O) groups excluding carboxylic acids is 1. The Balaban J connectivity index is 1.88. The molecule has 1 amide bonds. The fourth-order valence-corrected chi connectivity index (χ4v) is 4.87. The van der Waals surface area contributed by atoms with Crippen molar-refractivity contribution in [3.63, 3.8) is 0 Å². The molecule has 0 atom stereocenters. The van der Waals surface area contributed by atoms with E-state index in [0.29, 0.717) is 13.1 Å². The van der Waals surface area contributed by atoms with Gasteiger partial charge in [0, 0.05) is 19.6 Å². The van der Waals surface area contributed by atoms with Crippen LogP contribution in [0.1, 0.15) is 36.0 Å². The van der Waals surface area contributed by atoms with Gasteiger partial charge in [-0.25, -0.2) is 8.42 Å². The number of hydrogen-bond donors (Lipinski definition) is 0. The van der Waals surface area contributed by atoms with Crippen LogP contribution < -0.4 is 0 Å². The van der Waals surface area contributed by atoms with Crippen LogP contribution in [0.15, 0.2) is 53.4 Å². The fraction of sp³-hybridized carbons (Fsp3) is 0.409. The van der Waals surface area contributed by atoms with Crippen LogP contribution in [0.2, 0.25) is 0 Å². The maximum absolute atomic E-state index is 13.3. The van der Waals surface area contributed by atoms with Gasteiger partial charge in [-0.3, -0.25) is 4.79 Å². The number of piperidine rings is 1. The Morgan fingerprint density at radius 3 is 2.29 bits per heavy atom. The van der Waals surface area contributed by atoms with E-state index in [1.807, 2.05) is 38.1 Å². The highest BCUT2D eigenvalue weighted by Crippen LogP contribution is 2.20. The zero-order chi connectivity index (χ0) is 20.1. The van der Waals surface area contributed by atoms with Crippen LogP contribution in [0.3, 0.4) is 0 Å². The molecular weight excluding hydrogens is 372 g/mol. The summed E-state index contributed by atoms with van der Waals surface area (Å²) in [5, 5.41) is 0. The number of rotatable bonds is 6. The third kappa shape index (κ3) is 5.00. The third-order valence-corrected chi connectivity index (χ3v) is 6.93. The van der Waals surface area contributed by atoms with E-state index < -0.39 is 10.0 Å². The number of sulfonamides is 1. The van der Waals surface area contributed by atoms with Crippen molar-refractivity contribution in [1.29, 1.82) is 0 Å². The summed E-state index contributed by atoms with van der Waals surface area (Å²) in [5.41, 5.74) is 2.93. The highest BCUT2D eigenvalue weighted by molar-refractivity contribution is 7.89. The van der Waals surface area contributed by atoms with E-state index in [9.17, 15) is 13.2 Å². The van der Waals surface area contributed by atoms with Gasteiger partial charge in [-0.1, -0.05) is 47.5 Å². The molecule has 1 aliphatic rings. The van der Waals surface area contributed by atoms with Gasteiger partial charge in [-0.05, 0) is 50.8 Å². The number of carbonyl (C=O) groups is 1. The second-order valence-corrected chi connectivity index (χ2v) is 9.45. The first-order valence-electron chi connectivity index (χ1n) is 9.76. The molecule has 5 nitrogen and oxygen atoms in total. The molecule has 0 bridgehead atoms. The molecule has 28 heavy (non-hydrogen) atoms. The second-order valence-electron chi connectivity index (χ2n) is 7.52. The van der Waals surface area contributed by atoms with E-state index in [4.69, 9.17) is 0 Å². The predicted octanol–water partition coefficient (Wildman–Crippen LogP) is 3.51. The van der Waals surface area contributed by atoms with Crippen molar-refractivity contribution in [2.75, 3.05) is 19.6 Å². The largest absolute Gasteiger partial charge is 0.342 e. The SMILES string of the molecule is Cc1ccc(S(=O)(=O)N(CC(=O)N2CCCCC2)Cc2cccc(C)c2)cc1. The van der Waals surface area contributed by atoms with E-state index in [-0.39, 0.29) is 23.9 Å². The summed E-state index contributed by atoms with van der Waals surface area (Å²) in [6.07, 6.45) is 3.08. The minimum absolute atomic E-state index is 0.122. The molecule has 0 aromatic heterocycles. The van der Waals surface area contributed by atoms with Crippen molar-refractivity contribution in [3.05, 3.63) is 65.2 Å². The summed E-state index contributed by atoms with van der Waals surface area (Å²) in [4.78, 5) is 14.8. The van der Waals surface area contributed by atoms with Crippen LogP contribution in [-0.2, 0) is 21.4 Å². The number of aryl methyl sites for hydroxylation is 2. The first-order chi connectivity index (χ1) is 13.4. The Kier molecular flexibility index (Phi) is 6.52. The molecule has 1 fully saturated rings. The highest BCUT2D eigenvalue weighted by atomic mass is 32.2. The smallest absolute Gasteiger partial charge is 0.243 e. The van der Waals surface area contributed by atoms with Gasteiger partial charge in [0.05, 0.1) is 11.4 Å². The Labute approximate surface area is 168 Å². The van der Waals surface area contributed by atoms with E-state index >= 15 is 0 Å². The molecule has 150 valence electrons. The molecule has 2 aromatic carbocycles. The lowest BCUT2D eigenvalue weighted by atomic mass is 10.1.